The molecule has 0 saturated heterocycles. The Bertz CT molecular complexity index is 422. The van der Waals surface area contributed by atoms with Crippen LogP contribution in [0.1, 0.15) is 23.2 Å². The van der Waals surface area contributed by atoms with Gasteiger partial charge in [-0.3, -0.25) is 4.79 Å². The van der Waals surface area contributed by atoms with Gasteiger partial charge in [0.2, 0.25) is 5.91 Å². The average molecular weight is 203 g/mol. The standard InChI is InChI=1S/C11H13N3O/c12-10(7-4-5-7)14-9-3-1-2-8(6-9)11(13)15/h1-3,6-7H,4-5H2,(H2,12,14)(H2,13,15). The molecule has 4 N–H and O–H groups in total. The second-order valence-electron chi connectivity index (χ2n) is 3.73. The van der Waals surface area contributed by atoms with Crippen molar-refractivity contribution in [2.75, 3.05) is 0 Å². The first-order valence-electron chi connectivity index (χ1n) is 4.91. The number of carbonyl (C=O) groups is 1. The second-order valence-corrected chi connectivity index (χ2v) is 3.73. The lowest BCUT2D eigenvalue weighted by atomic mass is 10.2. The predicted molar refractivity (Wildman–Crippen MR) is 59.0 cm³/mol. The summed E-state index contributed by atoms with van der Waals surface area (Å²) in [6.07, 6.45) is 2.23. The molecule has 1 aliphatic rings. The molecule has 0 aromatic heterocycles. The van der Waals surface area contributed by atoms with Crippen LogP contribution in [0.4, 0.5) is 5.69 Å². The highest BCUT2D eigenvalue weighted by molar-refractivity contribution is 5.94. The van der Waals surface area contributed by atoms with Crippen molar-refractivity contribution in [2.45, 2.75) is 12.8 Å². The summed E-state index contributed by atoms with van der Waals surface area (Å²) in [4.78, 5) is 15.2. The number of hydrogen-bond donors (Lipinski definition) is 2. The number of rotatable bonds is 3. The van der Waals surface area contributed by atoms with Gasteiger partial charge in [-0.2, -0.15) is 0 Å². The van der Waals surface area contributed by atoms with Crippen LogP contribution in [-0.2, 0) is 0 Å². The Kier molecular flexibility index (Phi) is 2.41. The molecule has 1 amide bonds. The van der Waals surface area contributed by atoms with Crippen molar-refractivity contribution < 1.29 is 4.79 Å². The quantitative estimate of drug-likeness (QED) is 0.571. The summed E-state index contributed by atoms with van der Waals surface area (Å²) < 4.78 is 0. The monoisotopic (exact) mass is 203 g/mol. The lowest BCUT2D eigenvalue weighted by Gasteiger charge is -1.99. The van der Waals surface area contributed by atoms with Crippen LogP contribution in [0.3, 0.4) is 0 Å². The molecule has 1 fully saturated rings. The third-order valence-electron chi connectivity index (χ3n) is 2.38. The van der Waals surface area contributed by atoms with E-state index in [0.717, 1.165) is 12.8 Å². The fourth-order valence-corrected chi connectivity index (χ4v) is 1.35. The maximum absolute atomic E-state index is 10.9. The summed E-state index contributed by atoms with van der Waals surface area (Å²) >= 11 is 0. The maximum Gasteiger partial charge on any atom is 0.248 e. The fraction of sp³-hybridized carbons (Fsp3) is 0.273. The van der Waals surface area contributed by atoms with Crippen molar-refractivity contribution in [1.82, 2.24) is 0 Å². The van der Waals surface area contributed by atoms with Gasteiger partial charge in [-0.1, -0.05) is 6.07 Å². The molecule has 1 aromatic carbocycles. The minimum absolute atomic E-state index is 0.433. The zero-order chi connectivity index (χ0) is 10.8. The van der Waals surface area contributed by atoms with Crippen LogP contribution in [0.5, 0.6) is 0 Å². The first kappa shape index (κ1) is 9.71. The van der Waals surface area contributed by atoms with Gasteiger partial charge in [0.25, 0.3) is 0 Å². The van der Waals surface area contributed by atoms with E-state index >= 15 is 0 Å². The van der Waals surface area contributed by atoms with E-state index in [-0.39, 0.29) is 0 Å². The van der Waals surface area contributed by atoms with Crippen LogP contribution in [0, 0.1) is 5.92 Å². The van der Waals surface area contributed by atoms with Crippen LogP contribution < -0.4 is 11.5 Å². The summed E-state index contributed by atoms with van der Waals surface area (Å²) in [5, 5.41) is 0. The third-order valence-corrected chi connectivity index (χ3v) is 2.38. The molecule has 1 aromatic rings. The van der Waals surface area contributed by atoms with E-state index in [1.54, 1.807) is 18.2 Å². The number of carbonyl (C=O) groups excluding carboxylic acids is 1. The highest BCUT2D eigenvalue weighted by atomic mass is 16.1. The number of hydrogen-bond acceptors (Lipinski definition) is 2. The summed E-state index contributed by atoms with van der Waals surface area (Å²) in [6.45, 7) is 0. The number of benzene rings is 1. The number of amidine groups is 1. The van der Waals surface area contributed by atoms with E-state index < -0.39 is 5.91 Å². The zero-order valence-electron chi connectivity index (χ0n) is 8.31. The molecule has 1 aliphatic carbocycles. The number of nitrogens with zero attached hydrogens (tertiary/aromatic N) is 1. The van der Waals surface area contributed by atoms with E-state index in [1.165, 1.54) is 0 Å². The first-order valence-corrected chi connectivity index (χ1v) is 4.91. The SMILES string of the molecule is NC(=O)c1cccc(N=C(N)C2CC2)c1. The molecule has 2 rings (SSSR count). The van der Waals surface area contributed by atoms with Crippen molar-refractivity contribution in [1.29, 1.82) is 0 Å². The normalized spacial score (nSPS) is 16.4. The van der Waals surface area contributed by atoms with Crippen LogP contribution in [0.2, 0.25) is 0 Å². The first-order chi connectivity index (χ1) is 7.16. The molecule has 4 heteroatoms. The molecule has 1 saturated carbocycles. The Morgan fingerprint density at radius 3 is 2.67 bits per heavy atom. The van der Waals surface area contributed by atoms with Gasteiger partial charge in [-0.15, -0.1) is 0 Å². The van der Waals surface area contributed by atoms with Crippen molar-refractivity contribution in [3.05, 3.63) is 29.8 Å². The van der Waals surface area contributed by atoms with Gasteiger partial charge in [-0.25, -0.2) is 4.99 Å². The van der Waals surface area contributed by atoms with Crippen molar-refractivity contribution >= 4 is 17.4 Å². The van der Waals surface area contributed by atoms with E-state index in [4.69, 9.17) is 11.5 Å². The molecule has 0 atom stereocenters. The summed E-state index contributed by atoms with van der Waals surface area (Å²) in [5.74, 6) is 0.635. The highest BCUT2D eigenvalue weighted by Crippen LogP contribution is 2.30. The molecule has 0 radical (unpaired) electrons. The fourth-order valence-electron chi connectivity index (χ4n) is 1.35. The molecular formula is C11H13N3O. The lowest BCUT2D eigenvalue weighted by Crippen LogP contribution is -2.13. The number of amides is 1. The predicted octanol–water partition coefficient (Wildman–Crippen LogP) is 1.18. The van der Waals surface area contributed by atoms with Crippen LogP contribution in [-0.4, -0.2) is 11.7 Å². The van der Waals surface area contributed by atoms with Gasteiger partial charge in [0.05, 0.1) is 5.69 Å². The number of nitrogens with two attached hydrogens (primary N) is 2. The Morgan fingerprint density at radius 1 is 1.33 bits per heavy atom. The van der Waals surface area contributed by atoms with Crippen LogP contribution in [0.25, 0.3) is 0 Å². The topological polar surface area (TPSA) is 81.5 Å². The Labute approximate surface area is 88.0 Å². The highest BCUT2D eigenvalue weighted by Gasteiger charge is 2.25. The van der Waals surface area contributed by atoms with Crippen molar-refractivity contribution in [3.8, 4) is 0 Å². The van der Waals surface area contributed by atoms with E-state index in [1.807, 2.05) is 6.07 Å². The van der Waals surface area contributed by atoms with E-state index in [0.29, 0.717) is 23.0 Å². The molecule has 0 unspecified atom stereocenters. The maximum atomic E-state index is 10.9. The largest absolute Gasteiger partial charge is 0.387 e. The van der Waals surface area contributed by atoms with Crippen LogP contribution in [0.15, 0.2) is 29.3 Å². The molecule has 0 bridgehead atoms. The zero-order valence-corrected chi connectivity index (χ0v) is 8.31. The average Bonchev–Trinajstić information content (AvgIpc) is 3.01. The number of primary amides is 1. The molecule has 0 aliphatic heterocycles. The molecular weight excluding hydrogens is 190 g/mol. The van der Waals surface area contributed by atoms with E-state index in [2.05, 4.69) is 4.99 Å². The second kappa shape index (κ2) is 3.73. The minimum Gasteiger partial charge on any atom is -0.387 e. The molecule has 4 nitrogen and oxygen atoms in total. The van der Waals surface area contributed by atoms with Crippen LogP contribution >= 0.6 is 0 Å². The van der Waals surface area contributed by atoms with Gasteiger partial charge in [0.15, 0.2) is 0 Å². The molecule has 15 heavy (non-hydrogen) atoms. The Morgan fingerprint density at radius 2 is 2.07 bits per heavy atom. The van der Waals surface area contributed by atoms with Gasteiger partial charge < -0.3 is 11.5 Å². The summed E-state index contributed by atoms with van der Waals surface area (Å²) in [5.41, 5.74) is 12.1. The van der Waals surface area contributed by atoms with Crippen molar-refractivity contribution in [3.63, 3.8) is 0 Å². The molecule has 78 valence electrons. The molecule has 0 spiro atoms. The van der Waals surface area contributed by atoms with Crippen molar-refractivity contribution in [2.24, 2.45) is 22.4 Å². The lowest BCUT2D eigenvalue weighted by molar-refractivity contribution is 0.100. The van der Waals surface area contributed by atoms with E-state index in [9.17, 15) is 4.79 Å². The summed E-state index contributed by atoms with van der Waals surface area (Å²) in [7, 11) is 0. The van der Waals surface area contributed by atoms with Gasteiger partial charge in [0.1, 0.15) is 5.84 Å². The third kappa shape index (κ3) is 2.34. The number of aliphatic imine (C=N–C) groups is 1. The summed E-state index contributed by atoms with van der Waals surface area (Å²) in [6, 6.07) is 6.87. The van der Waals surface area contributed by atoms with Gasteiger partial charge in [-0.05, 0) is 31.0 Å². The Hall–Kier alpha value is -1.84. The smallest absolute Gasteiger partial charge is 0.248 e. The minimum atomic E-state index is -0.447. The molecule has 0 heterocycles. The van der Waals surface area contributed by atoms with Gasteiger partial charge in [0, 0.05) is 11.5 Å². The van der Waals surface area contributed by atoms with Gasteiger partial charge >= 0.3 is 0 Å². The Balaban J connectivity index is 2.24.